The molecular weight excluding hydrogens is 315 g/mol. The number of halogens is 3. The predicted octanol–water partition coefficient (Wildman–Crippen LogP) is 2.70. The Morgan fingerprint density at radius 3 is 2.69 bits per heavy atom. The van der Waals surface area contributed by atoms with E-state index in [0.717, 1.165) is 6.07 Å². The standard InChI is InChI=1S/C6H2ClFINO3/c7-2-1-3(8)4(9)6(11)5(2)10(12)13/h1,11H. The lowest BCUT2D eigenvalue weighted by Gasteiger charge is -2.01. The van der Waals surface area contributed by atoms with Crippen molar-refractivity contribution < 1.29 is 14.4 Å². The van der Waals surface area contributed by atoms with Crippen molar-refractivity contribution in [1.29, 1.82) is 0 Å². The molecule has 0 spiro atoms. The van der Waals surface area contributed by atoms with E-state index in [9.17, 15) is 14.5 Å². The highest BCUT2D eigenvalue weighted by atomic mass is 127. The molecule has 0 unspecified atom stereocenters. The Morgan fingerprint density at radius 1 is 1.69 bits per heavy atom. The first kappa shape index (κ1) is 10.5. The number of phenols is 1. The second kappa shape index (κ2) is 3.62. The molecular formula is C6H2ClFINO3. The van der Waals surface area contributed by atoms with E-state index in [-0.39, 0.29) is 3.57 Å². The summed E-state index contributed by atoms with van der Waals surface area (Å²) in [6, 6.07) is 0.793. The molecule has 0 aliphatic heterocycles. The van der Waals surface area contributed by atoms with Gasteiger partial charge in [-0.25, -0.2) is 4.39 Å². The van der Waals surface area contributed by atoms with E-state index in [1.807, 2.05) is 0 Å². The van der Waals surface area contributed by atoms with Crippen molar-refractivity contribution in [3.63, 3.8) is 0 Å². The number of nitro benzene ring substituents is 1. The van der Waals surface area contributed by atoms with Gasteiger partial charge in [0.1, 0.15) is 10.8 Å². The summed E-state index contributed by atoms with van der Waals surface area (Å²) in [7, 11) is 0. The van der Waals surface area contributed by atoms with Gasteiger partial charge in [-0.1, -0.05) is 11.6 Å². The average Bonchev–Trinajstić information content (AvgIpc) is 1.99. The Bertz CT molecular complexity index is 385. The van der Waals surface area contributed by atoms with E-state index in [2.05, 4.69) is 0 Å². The number of hydrogen-bond donors (Lipinski definition) is 1. The van der Waals surface area contributed by atoms with Crippen LogP contribution >= 0.6 is 34.2 Å². The lowest BCUT2D eigenvalue weighted by Crippen LogP contribution is -1.94. The van der Waals surface area contributed by atoms with Gasteiger partial charge in [-0.2, -0.15) is 0 Å². The van der Waals surface area contributed by atoms with Crippen LogP contribution in [0.4, 0.5) is 10.1 Å². The zero-order valence-corrected chi connectivity index (χ0v) is 8.84. The highest BCUT2D eigenvalue weighted by molar-refractivity contribution is 14.1. The van der Waals surface area contributed by atoms with Gasteiger partial charge in [0.05, 0.1) is 8.49 Å². The van der Waals surface area contributed by atoms with Crippen molar-refractivity contribution in [2.75, 3.05) is 0 Å². The molecule has 0 aliphatic carbocycles. The summed E-state index contributed by atoms with van der Waals surface area (Å²) in [4.78, 5) is 9.48. The van der Waals surface area contributed by atoms with Crippen molar-refractivity contribution in [2.24, 2.45) is 0 Å². The fourth-order valence-corrected chi connectivity index (χ4v) is 1.41. The van der Waals surface area contributed by atoms with E-state index < -0.39 is 27.2 Å². The summed E-state index contributed by atoms with van der Waals surface area (Å²) < 4.78 is 12.6. The van der Waals surface area contributed by atoms with Gasteiger partial charge in [0.15, 0.2) is 0 Å². The molecule has 0 saturated heterocycles. The number of phenolic OH excluding ortho intramolecular Hbond substituents is 1. The molecule has 0 aliphatic rings. The Balaban J connectivity index is 3.53. The van der Waals surface area contributed by atoms with Crippen molar-refractivity contribution in [3.05, 3.63) is 30.6 Å². The lowest BCUT2D eigenvalue weighted by atomic mass is 10.3. The fourth-order valence-electron chi connectivity index (χ4n) is 0.747. The van der Waals surface area contributed by atoms with Crippen LogP contribution in [0.25, 0.3) is 0 Å². The summed E-state index contributed by atoms with van der Waals surface area (Å²) in [5.41, 5.74) is -0.674. The fraction of sp³-hybridized carbons (Fsp3) is 0. The van der Waals surface area contributed by atoms with E-state index >= 15 is 0 Å². The number of hydrogen-bond acceptors (Lipinski definition) is 3. The summed E-state index contributed by atoms with van der Waals surface area (Å²) in [5, 5.41) is 19.1. The molecule has 0 atom stereocenters. The number of aromatic hydroxyl groups is 1. The minimum atomic E-state index is -0.862. The molecule has 1 aromatic rings. The van der Waals surface area contributed by atoms with E-state index in [4.69, 9.17) is 16.7 Å². The van der Waals surface area contributed by atoms with Crippen molar-refractivity contribution >= 4 is 39.9 Å². The number of nitro groups is 1. The van der Waals surface area contributed by atoms with Crippen LogP contribution in [0.5, 0.6) is 5.75 Å². The summed E-state index contributed by atoms with van der Waals surface area (Å²) in [6.07, 6.45) is 0. The van der Waals surface area contributed by atoms with Gasteiger partial charge in [0.25, 0.3) is 0 Å². The van der Waals surface area contributed by atoms with Crippen LogP contribution in [0.2, 0.25) is 5.02 Å². The normalized spacial score (nSPS) is 10.1. The van der Waals surface area contributed by atoms with Gasteiger partial charge >= 0.3 is 5.69 Å². The average molecular weight is 317 g/mol. The van der Waals surface area contributed by atoms with Crippen LogP contribution in [-0.2, 0) is 0 Å². The van der Waals surface area contributed by atoms with Crippen LogP contribution in [0.3, 0.4) is 0 Å². The lowest BCUT2D eigenvalue weighted by molar-refractivity contribution is -0.385. The molecule has 4 nitrogen and oxygen atoms in total. The minimum Gasteiger partial charge on any atom is -0.501 e. The first-order valence-electron chi connectivity index (χ1n) is 2.96. The highest BCUT2D eigenvalue weighted by Gasteiger charge is 2.24. The number of nitrogens with zero attached hydrogens (tertiary/aromatic N) is 1. The maximum Gasteiger partial charge on any atom is 0.330 e. The Morgan fingerprint density at radius 2 is 2.23 bits per heavy atom. The third kappa shape index (κ3) is 1.83. The van der Waals surface area contributed by atoms with E-state index in [1.165, 1.54) is 22.6 Å². The van der Waals surface area contributed by atoms with Gasteiger partial charge in [0, 0.05) is 6.07 Å². The molecule has 7 heteroatoms. The monoisotopic (exact) mass is 317 g/mol. The third-order valence-electron chi connectivity index (χ3n) is 1.30. The van der Waals surface area contributed by atoms with E-state index in [1.54, 1.807) is 0 Å². The van der Waals surface area contributed by atoms with Gasteiger partial charge in [0.2, 0.25) is 5.75 Å². The van der Waals surface area contributed by atoms with Gasteiger partial charge in [-0.3, -0.25) is 10.1 Å². The Kier molecular flexibility index (Phi) is 2.91. The van der Waals surface area contributed by atoms with Crippen molar-refractivity contribution in [3.8, 4) is 5.75 Å². The second-order valence-corrected chi connectivity index (χ2v) is 3.59. The molecule has 13 heavy (non-hydrogen) atoms. The number of rotatable bonds is 1. The first-order valence-corrected chi connectivity index (χ1v) is 4.41. The molecule has 70 valence electrons. The molecule has 0 saturated carbocycles. The van der Waals surface area contributed by atoms with Crippen LogP contribution in [0, 0.1) is 19.5 Å². The molecule has 0 amide bonds. The van der Waals surface area contributed by atoms with Crippen LogP contribution in [-0.4, -0.2) is 10.0 Å². The SMILES string of the molecule is O=[N+]([O-])c1c(Cl)cc(F)c(I)c1O. The third-order valence-corrected chi connectivity index (χ3v) is 2.62. The van der Waals surface area contributed by atoms with Crippen molar-refractivity contribution in [2.45, 2.75) is 0 Å². The maximum absolute atomic E-state index is 12.8. The molecule has 1 N–H and O–H groups in total. The quantitative estimate of drug-likeness (QED) is 0.375. The van der Waals surface area contributed by atoms with Crippen LogP contribution < -0.4 is 0 Å². The van der Waals surface area contributed by atoms with E-state index in [0.29, 0.717) is 0 Å². The first-order chi connectivity index (χ1) is 5.95. The predicted molar refractivity (Wildman–Crippen MR) is 52.4 cm³/mol. The van der Waals surface area contributed by atoms with Gasteiger partial charge in [-0.05, 0) is 22.6 Å². The zero-order chi connectivity index (χ0) is 10.2. The summed E-state index contributed by atoms with van der Waals surface area (Å²) in [5.74, 6) is -1.52. The highest BCUT2D eigenvalue weighted by Crippen LogP contribution is 2.38. The van der Waals surface area contributed by atoms with Gasteiger partial charge in [-0.15, -0.1) is 0 Å². The molecule has 0 fully saturated rings. The van der Waals surface area contributed by atoms with Crippen LogP contribution in [0.1, 0.15) is 0 Å². The smallest absolute Gasteiger partial charge is 0.330 e. The molecule has 0 aromatic heterocycles. The second-order valence-electron chi connectivity index (χ2n) is 2.11. The molecule has 0 bridgehead atoms. The topological polar surface area (TPSA) is 63.4 Å². The Labute approximate surface area is 90.6 Å². The van der Waals surface area contributed by atoms with Crippen molar-refractivity contribution in [1.82, 2.24) is 0 Å². The largest absolute Gasteiger partial charge is 0.501 e. The molecule has 1 rings (SSSR count). The van der Waals surface area contributed by atoms with Gasteiger partial charge < -0.3 is 5.11 Å². The Hall–Kier alpha value is -0.630. The molecule has 0 radical (unpaired) electrons. The molecule has 0 heterocycles. The maximum atomic E-state index is 12.8. The number of benzene rings is 1. The minimum absolute atomic E-state index is 0.214. The summed E-state index contributed by atoms with van der Waals surface area (Å²) in [6.45, 7) is 0. The summed E-state index contributed by atoms with van der Waals surface area (Å²) >= 11 is 6.81. The molecule has 1 aromatic carbocycles. The van der Waals surface area contributed by atoms with Crippen LogP contribution in [0.15, 0.2) is 6.07 Å². The zero-order valence-electron chi connectivity index (χ0n) is 5.92.